The maximum Gasteiger partial charge on any atom is 0.240 e. The second-order valence-corrected chi connectivity index (χ2v) is 7.27. The van der Waals surface area contributed by atoms with Crippen LogP contribution >= 0.6 is 0 Å². The number of aliphatic hydroxyl groups excluding tert-OH is 1. The topological polar surface area (TPSA) is 78.4 Å². The van der Waals surface area contributed by atoms with Gasteiger partial charge in [0.15, 0.2) is 0 Å². The molecule has 3 N–H and O–H groups in total. The Balaban J connectivity index is 2.05. The van der Waals surface area contributed by atoms with Gasteiger partial charge in [0, 0.05) is 30.8 Å². The lowest BCUT2D eigenvalue weighted by Crippen LogP contribution is -2.34. The van der Waals surface area contributed by atoms with Crippen LogP contribution in [0.5, 0.6) is 0 Å². The second-order valence-electron chi connectivity index (χ2n) is 5.50. The Morgan fingerprint density at radius 2 is 1.86 bits per heavy atom. The minimum absolute atomic E-state index is 0.199. The molecule has 1 fully saturated rings. The first kappa shape index (κ1) is 16.3. The number of sulfonamides is 1. The molecule has 1 saturated carbocycles. The summed E-state index contributed by atoms with van der Waals surface area (Å²) in [5.41, 5.74) is 0.899. The van der Waals surface area contributed by atoms with E-state index < -0.39 is 10.0 Å². The summed E-state index contributed by atoms with van der Waals surface area (Å²) in [5, 5.41) is 12.8. The zero-order valence-corrected chi connectivity index (χ0v) is 13.2. The van der Waals surface area contributed by atoms with E-state index in [1.54, 1.807) is 31.2 Å². The van der Waals surface area contributed by atoms with Gasteiger partial charge in [-0.1, -0.05) is 19.8 Å². The molecule has 1 aliphatic carbocycles. The number of nitrogens with one attached hydrogen (secondary N) is 2. The Labute approximate surface area is 126 Å². The van der Waals surface area contributed by atoms with Crippen molar-refractivity contribution < 1.29 is 13.5 Å². The van der Waals surface area contributed by atoms with Gasteiger partial charge < -0.3 is 10.4 Å². The van der Waals surface area contributed by atoms with E-state index in [-0.39, 0.29) is 23.5 Å². The van der Waals surface area contributed by atoms with E-state index in [4.69, 9.17) is 0 Å². The average molecular weight is 312 g/mol. The zero-order valence-electron chi connectivity index (χ0n) is 12.4. The molecule has 118 valence electrons. The average Bonchev–Trinajstić information content (AvgIpc) is 2.48. The van der Waals surface area contributed by atoms with Gasteiger partial charge in [-0.2, -0.15) is 0 Å². The maximum absolute atomic E-state index is 11.9. The quantitative estimate of drug-likeness (QED) is 0.750. The van der Waals surface area contributed by atoms with Crippen molar-refractivity contribution >= 4 is 15.7 Å². The number of hydrogen-bond acceptors (Lipinski definition) is 4. The largest absolute Gasteiger partial charge is 0.396 e. The standard InChI is InChI=1S/C15H24N2O3S/c1-2-16-21(19,20)14-9-7-13(8-10-14)17-15-6-4-3-5-12(15)11-18/h7-10,12,15-18H,2-6,11H2,1H3. The van der Waals surface area contributed by atoms with Gasteiger partial charge in [0.25, 0.3) is 0 Å². The van der Waals surface area contributed by atoms with Crippen molar-refractivity contribution in [1.29, 1.82) is 0 Å². The molecule has 0 aromatic heterocycles. The van der Waals surface area contributed by atoms with Crippen molar-refractivity contribution in [2.24, 2.45) is 5.92 Å². The molecule has 2 atom stereocenters. The Bertz CT molecular complexity index is 543. The summed E-state index contributed by atoms with van der Waals surface area (Å²) in [7, 11) is -3.39. The summed E-state index contributed by atoms with van der Waals surface area (Å²) in [6, 6.07) is 7.05. The number of rotatable bonds is 6. The van der Waals surface area contributed by atoms with Crippen LogP contribution in [0.2, 0.25) is 0 Å². The van der Waals surface area contributed by atoms with E-state index >= 15 is 0 Å². The highest BCUT2D eigenvalue weighted by atomic mass is 32.2. The summed E-state index contributed by atoms with van der Waals surface area (Å²) in [6.07, 6.45) is 4.42. The van der Waals surface area contributed by atoms with Gasteiger partial charge in [0.1, 0.15) is 0 Å². The summed E-state index contributed by atoms with van der Waals surface area (Å²) in [4.78, 5) is 0.275. The highest BCUT2D eigenvalue weighted by Crippen LogP contribution is 2.27. The van der Waals surface area contributed by atoms with Crippen LogP contribution in [0, 0.1) is 5.92 Å². The van der Waals surface area contributed by atoms with Gasteiger partial charge in [0.2, 0.25) is 10.0 Å². The van der Waals surface area contributed by atoms with Gasteiger partial charge in [-0.05, 0) is 37.1 Å². The second kappa shape index (κ2) is 7.24. The van der Waals surface area contributed by atoms with Crippen molar-refractivity contribution in [2.45, 2.75) is 43.5 Å². The number of hydrogen-bond donors (Lipinski definition) is 3. The van der Waals surface area contributed by atoms with E-state index in [9.17, 15) is 13.5 Å². The molecule has 0 heterocycles. The van der Waals surface area contributed by atoms with Crippen LogP contribution in [0.15, 0.2) is 29.2 Å². The fourth-order valence-electron chi connectivity index (χ4n) is 2.83. The Morgan fingerprint density at radius 3 is 2.48 bits per heavy atom. The van der Waals surface area contributed by atoms with Crippen molar-refractivity contribution in [3.63, 3.8) is 0 Å². The van der Waals surface area contributed by atoms with Gasteiger partial charge in [-0.15, -0.1) is 0 Å². The van der Waals surface area contributed by atoms with Crippen LogP contribution in [0.1, 0.15) is 32.6 Å². The van der Waals surface area contributed by atoms with Crippen molar-refractivity contribution in [2.75, 3.05) is 18.5 Å². The molecule has 5 nitrogen and oxygen atoms in total. The minimum Gasteiger partial charge on any atom is -0.396 e. The molecule has 0 amide bonds. The molecule has 0 spiro atoms. The summed E-state index contributed by atoms with van der Waals surface area (Å²) < 4.78 is 26.2. The van der Waals surface area contributed by atoms with Crippen LogP contribution in [0.4, 0.5) is 5.69 Å². The summed E-state index contributed by atoms with van der Waals surface area (Å²) in [6.45, 7) is 2.33. The minimum atomic E-state index is -3.39. The predicted octanol–water partition coefficient (Wildman–Crippen LogP) is 1.95. The molecule has 2 rings (SSSR count). The number of aliphatic hydroxyl groups is 1. The fraction of sp³-hybridized carbons (Fsp3) is 0.600. The molecule has 21 heavy (non-hydrogen) atoms. The molecule has 0 radical (unpaired) electrons. The molecule has 6 heteroatoms. The highest BCUT2D eigenvalue weighted by molar-refractivity contribution is 7.89. The van der Waals surface area contributed by atoms with E-state index in [0.717, 1.165) is 18.5 Å². The number of anilines is 1. The smallest absolute Gasteiger partial charge is 0.240 e. The van der Waals surface area contributed by atoms with Gasteiger partial charge in [-0.25, -0.2) is 13.1 Å². The Kier molecular flexibility index (Phi) is 5.61. The Morgan fingerprint density at radius 1 is 1.19 bits per heavy atom. The molecular formula is C15H24N2O3S. The SMILES string of the molecule is CCNS(=O)(=O)c1ccc(NC2CCCCC2CO)cc1. The third-order valence-corrected chi connectivity index (χ3v) is 5.56. The van der Waals surface area contributed by atoms with Gasteiger partial charge in [0.05, 0.1) is 4.90 Å². The summed E-state index contributed by atoms with van der Waals surface area (Å²) >= 11 is 0. The van der Waals surface area contributed by atoms with E-state index in [1.807, 2.05) is 0 Å². The third-order valence-electron chi connectivity index (χ3n) is 3.99. The van der Waals surface area contributed by atoms with Crippen LogP contribution in [-0.4, -0.2) is 32.7 Å². The van der Waals surface area contributed by atoms with Crippen LogP contribution in [-0.2, 0) is 10.0 Å². The third kappa shape index (κ3) is 4.18. The molecule has 1 aliphatic rings. The zero-order chi connectivity index (χ0) is 15.3. The fourth-order valence-corrected chi connectivity index (χ4v) is 3.88. The molecule has 1 aromatic rings. The molecule has 0 saturated heterocycles. The predicted molar refractivity (Wildman–Crippen MR) is 83.8 cm³/mol. The van der Waals surface area contributed by atoms with Crippen molar-refractivity contribution in [3.8, 4) is 0 Å². The normalized spacial score (nSPS) is 23.0. The van der Waals surface area contributed by atoms with Crippen LogP contribution in [0.25, 0.3) is 0 Å². The molecular weight excluding hydrogens is 288 g/mol. The first-order valence-corrected chi connectivity index (χ1v) is 9.02. The lowest BCUT2D eigenvalue weighted by molar-refractivity contribution is 0.178. The van der Waals surface area contributed by atoms with Gasteiger partial charge in [-0.3, -0.25) is 0 Å². The molecule has 0 aliphatic heterocycles. The highest BCUT2D eigenvalue weighted by Gasteiger charge is 2.24. The first-order chi connectivity index (χ1) is 10.1. The van der Waals surface area contributed by atoms with Crippen molar-refractivity contribution in [1.82, 2.24) is 4.72 Å². The summed E-state index contributed by atoms with van der Waals surface area (Å²) in [5.74, 6) is 0.281. The first-order valence-electron chi connectivity index (χ1n) is 7.54. The molecule has 2 unspecified atom stereocenters. The lowest BCUT2D eigenvalue weighted by atomic mass is 9.85. The molecule has 0 bridgehead atoms. The van der Waals surface area contributed by atoms with E-state index in [0.29, 0.717) is 6.54 Å². The van der Waals surface area contributed by atoms with E-state index in [1.165, 1.54) is 12.8 Å². The number of benzene rings is 1. The van der Waals surface area contributed by atoms with Gasteiger partial charge >= 0.3 is 0 Å². The van der Waals surface area contributed by atoms with Crippen molar-refractivity contribution in [3.05, 3.63) is 24.3 Å². The molecule has 1 aromatic carbocycles. The monoisotopic (exact) mass is 312 g/mol. The lowest BCUT2D eigenvalue weighted by Gasteiger charge is -2.31. The maximum atomic E-state index is 11.9. The van der Waals surface area contributed by atoms with E-state index in [2.05, 4.69) is 10.0 Å². The Hall–Kier alpha value is -1.11. The van der Waals surface area contributed by atoms with Crippen LogP contribution < -0.4 is 10.0 Å². The van der Waals surface area contributed by atoms with Crippen LogP contribution in [0.3, 0.4) is 0 Å².